The van der Waals surface area contributed by atoms with Gasteiger partial charge < -0.3 is 0 Å². The second kappa shape index (κ2) is 7.99. The summed E-state index contributed by atoms with van der Waals surface area (Å²) in [4.78, 5) is 16.9. The number of hydrogen-bond donors (Lipinski definition) is 0. The van der Waals surface area contributed by atoms with Gasteiger partial charge in [-0.05, 0) is 63.8 Å². The molecular weight excluding hydrogens is 318 g/mol. The molecule has 1 aliphatic heterocycles. The van der Waals surface area contributed by atoms with Gasteiger partial charge in [-0.15, -0.1) is 0 Å². The normalized spacial score (nSPS) is 19.1. The number of nitrogens with zero attached hydrogens (tertiary/aromatic N) is 1. The van der Waals surface area contributed by atoms with Crippen LogP contribution in [0.3, 0.4) is 0 Å². The minimum atomic E-state index is -0.383. The van der Waals surface area contributed by atoms with Crippen molar-refractivity contribution in [1.82, 2.24) is 0 Å². The number of hydrogen-bond acceptors (Lipinski definition) is 2. The maximum Gasteiger partial charge on any atom is 0.138 e. The Morgan fingerprint density at radius 2 is 1.92 bits per heavy atom. The maximum absolute atomic E-state index is 12.1. The van der Waals surface area contributed by atoms with Gasteiger partial charge in [0, 0.05) is 5.41 Å². The fraction of sp³-hybridized carbons (Fsp3) is 0.417. The Balaban J connectivity index is 2.75. The van der Waals surface area contributed by atoms with E-state index in [4.69, 9.17) is 4.99 Å². The number of carbonyl (C=O) groups excluding carboxylic acids is 1. The van der Waals surface area contributed by atoms with Gasteiger partial charge in [0.05, 0.1) is 18.2 Å². The number of allylic oxidation sites excluding steroid dienone is 4. The van der Waals surface area contributed by atoms with Crippen LogP contribution < -0.4 is 0 Å². The van der Waals surface area contributed by atoms with Crippen molar-refractivity contribution in [2.45, 2.75) is 53.4 Å². The van der Waals surface area contributed by atoms with Crippen molar-refractivity contribution in [2.75, 3.05) is 6.54 Å². The summed E-state index contributed by atoms with van der Waals surface area (Å²) in [6, 6.07) is 8.53. The monoisotopic (exact) mass is 349 g/mol. The van der Waals surface area contributed by atoms with E-state index in [0.717, 1.165) is 23.3 Å². The van der Waals surface area contributed by atoms with Gasteiger partial charge in [-0.25, -0.2) is 0 Å². The van der Waals surface area contributed by atoms with Crippen LogP contribution in [0.1, 0.15) is 52.7 Å². The summed E-state index contributed by atoms with van der Waals surface area (Å²) in [5.74, 6) is 0.00196. The fourth-order valence-corrected chi connectivity index (χ4v) is 3.61. The highest BCUT2D eigenvalue weighted by molar-refractivity contribution is 6.12. The van der Waals surface area contributed by atoms with E-state index in [0.29, 0.717) is 6.54 Å². The zero-order valence-corrected chi connectivity index (χ0v) is 17.0. The second-order valence-corrected chi connectivity index (χ2v) is 7.66. The average Bonchev–Trinajstić information content (AvgIpc) is 2.60. The first-order chi connectivity index (χ1) is 12.2. The molecule has 1 aliphatic rings. The van der Waals surface area contributed by atoms with Crippen LogP contribution in [-0.4, -0.2) is 18.0 Å². The summed E-state index contributed by atoms with van der Waals surface area (Å²) in [6.45, 7) is 17.1. The lowest BCUT2D eigenvalue weighted by Crippen LogP contribution is -2.34. The predicted octanol–water partition coefficient (Wildman–Crippen LogP) is 5.64. The third-order valence-corrected chi connectivity index (χ3v) is 5.38. The number of aryl methyl sites for hydroxylation is 1. The molecule has 2 atom stereocenters. The molecule has 0 saturated heterocycles. The standard InChI is InChI=1S/C24H31NO/c1-8-19-11-9-10-12-21(19)24(7,17(4)5)22-14-20(18(6)26)15-25-23(22)13-16(2)3/h9-14,20H,4,8,15H2,1-3,5-7H3. The molecule has 1 heterocycles. The largest absolute Gasteiger partial charge is 0.299 e. The molecule has 2 heteroatoms. The summed E-state index contributed by atoms with van der Waals surface area (Å²) in [5.41, 5.74) is 6.50. The van der Waals surface area contributed by atoms with E-state index in [9.17, 15) is 4.79 Å². The van der Waals surface area contributed by atoms with Gasteiger partial charge in [-0.2, -0.15) is 0 Å². The average molecular weight is 350 g/mol. The molecule has 1 aromatic rings. The van der Waals surface area contributed by atoms with Gasteiger partial charge in [0.2, 0.25) is 0 Å². The number of benzene rings is 1. The smallest absolute Gasteiger partial charge is 0.138 e. The molecule has 2 unspecified atom stereocenters. The molecule has 0 spiro atoms. The Morgan fingerprint density at radius 1 is 1.27 bits per heavy atom. The lowest BCUT2D eigenvalue weighted by atomic mass is 9.66. The Kier molecular flexibility index (Phi) is 6.17. The van der Waals surface area contributed by atoms with E-state index in [1.807, 2.05) is 0 Å². The molecule has 1 aromatic carbocycles. The Hall–Kier alpha value is -2.22. The van der Waals surface area contributed by atoms with Crippen molar-refractivity contribution in [2.24, 2.45) is 10.9 Å². The van der Waals surface area contributed by atoms with Gasteiger partial charge in [0.15, 0.2) is 0 Å². The number of Topliss-reactive ketones (excluding diaryl/α,β-unsaturated/α-hetero) is 1. The fourth-order valence-electron chi connectivity index (χ4n) is 3.61. The predicted molar refractivity (Wildman–Crippen MR) is 112 cm³/mol. The molecule has 0 aliphatic carbocycles. The van der Waals surface area contributed by atoms with E-state index in [-0.39, 0.29) is 17.1 Å². The van der Waals surface area contributed by atoms with Crippen LogP contribution in [0.2, 0.25) is 0 Å². The van der Waals surface area contributed by atoms with Crippen LogP contribution in [0.4, 0.5) is 0 Å². The summed E-state index contributed by atoms with van der Waals surface area (Å²) >= 11 is 0. The lowest BCUT2D eigenvalue weighted by Gasteiger charge is -2.38. The van der Waals surface area contributed by atoms with Crippen molar-refractivity contribution in [1.29, 1.82) is 0 Å². The van der Waals surface area contributed by atoms with E-state index >= 15 is 0 Å². The zero-order chi connectivity index (χ0) is 19.5. The molecule has 0 fully saturated rings. The van der Waals surface area contributed by atoms with Crippen molar-refractivity contribution >= 4 is 11.5 Å². The van der Waals surface area contributed by atoms with Crippen molar-refractivity contribution in [3.05, 3.63) is 70.8 Å². The van der Waals surface area contributed by atoms with Crippen LogP contribution in [-0.2, 0) is 16.6 Å². The summed E-state index contributed by atoms with van der Waals surface area (Å²) in [5, 5.41) is 0. The Morgan fingerprint density at radius 3 is 2.46 bits per heavy atom. The maximum atomic E-state index is 12.1. The first kappa shape index (κ1) is 20.1. The minimum Gasteiger partial charge on any atom is -0.299 e. The van der Waals surface area contributed by atoms with Crippen LogP contribution in [0, 0.1) is 5.92 Å². The second-order valence-electron chi connectivity index (χ2n) is 7.66. The molecule has 0 N–H and O–H groups in total. The number of dihydropyridines is 1. The van der Waals surface area contributed by atoms with Gasteiger partial charge >= 0.3 is 0 Å². The third-order valence-electron chi connectivity index (χ3n) is 5.38. The lowest BCUT2D eigenvalue weighted by molar-refractivity contribution is -0.119. The van der Waals surface area contributed by atoms with Gasteiger partial charge in [0.1, 0.15) is 5.78 Å². The molecule has 26 heavy (non-hydrogen) atoms. The molecule has 0 bridgehead atoms. The highest BCUT2D eigenvalue weighted by Gasteiger charge is 2.37. The highest BCUT2D eigenvalue weighted by Crippen LogP contribution is 2.42. The van der Waals surface area contributed by atoms with E-state index in [1.165, 1.54) is 16.7 Å². The molecule has 2 nitrogen and oxygen atoms in total. The van der Waals surface area contributed by atoms with Crippen molar-refractivity contribution in [3.8, 4) is 0 Å². The van der Waals surface area contributed by atoms with E-state index in [1.54, 1.807) is 6.92 Å². The number of ketones is 1. The number of carbonyl (C=O) groups is 1. The van der Waals surface area contributed by atoms with Gasteiger partial charge in [-0.1, -0.05) is 55.0 Å². The molecule has 0 amide bonds. The highest BCUT2D eigenvalue weighted by atomic mass is 16.1. The Bertz CT molecular complexity index is 805. The molecule has 0 saturated carbocycles. The first-order valence-electron chi connectivity index (χ1n) is 9.38. The van der Waals surface area contributed by atoms with Crippen molar-refractivity contribution < 1.29 is 4.79 Å². The molecule has 0 aromatic heterocycles. The van der Waals surface area contributed by atoms with Crippen LogP contribution in [0.15, 0.2) is 64.7 Å². The van der Waals surface area contributed by atoms with Crippen LogP contribution in [0.25, 0.3) is 0 Å². The first-order valence-corrected chi connectivity index (χ1v) is 9.38. The topological polar surface area (TPSA) is 29.4 Å². The Labute approximate surface area is 158 Å². The quantitative estimate of drug-likeness (QED) is 0.612. The number of rotatable bonds is 6. The van der Waals surface area contributed by atoms with Crippen molar-refractivity contribution in [3.63, 3.8) is 0 Å². The van der Waals surface area contributed by atoms with Crippen LogP contribution >= 0.6 is 0 Å². The zero-order valence-electron chi connectivity index (χ0n) is 17.0. The summed E-state index contributed by atoms with van der Waals surface area (Å²) in [7, 11) is 0. The minimum absolute atomic E-state index is 0.160. The van der Waals surface area contributed by atoms with Crippen LogP contribution in [0.5, 0.6) is 0 Å². The summed E-state index contributed by atoms with van der Waals surface area (Å²) < 4.78 is 0. The third kappa shape index (κ3) is 3.80. The number of aliphatic imine (C=N–C) groups is 1. The van der Waals surface area contributed by atoms with Gasteiger partial charge in [-0.3, -0.25) is 9.79 Å². The molecule has 2 rings (SSSR count). The summed E-state index contributed by atoms with van der Waals surface area (Å²) in [6.07, 6.45) is 5.21. The SMILES string of the molecule is C=C(C)C(C)(C1=CC(C(C)=O)CN=C1C=C(C)C)c1ccccc1CC. The van der Waals surface area contributed by atoms with Gasteiger partial charge in [0.25, 0.3) is 0 Å². The molecular formula is C24H31NO. The molecule has 0 radical (unpaired) electrons. The van der Waals surface area contributed by atoms with E-state index in [2.05, 4.69) is 77.6 Å². The molecule has 138 valence electrons. The van der Waals surface area contributed by atoms with E-state index < -0.39 is 0 Å².